The van der Waals surface area contributed by atoms with Crippen LogP contribution in [0.1, 0.15) is 43.2 Å². The van der Waals surface area contributed by atoms with E-state index in [9.17, 15) is 4.39 Å². The predicted molar refractivity (Wildman–Crippen MR) is 72.4 cm³/mol. The number of nitrogens with one attached hydrogen (secondary N) is 1. The third kappa shape index (κ3) is 2.27. The molecule has 0 aliphatic heterocycles. The summed E-state index contributed by atoms with van der Waals surface area (Å²) in [5.41, 5.74) is 2.68. The summed E-state index contributed by atoms with van der Waals surface area (Å²) in [7, 11) is 0. The zero-order valence-corrected chi connectivity index (χ0v) is 11.4. The van der Waals surface area contributed by atoms with Crippen molar-refractivity contribution < 1.29 is 8.81 Å². The third-order valence-corrected chi connectivity index (χ3v) is 3.32. The standard InChI is InChI=1S/C15H20FNO/c1-5-6-17-11(4)15-10(3)13-8-12(16)7-9(2)14(13)18-15/h7-8,11,17H,5-6H2,1-4H3. The van der Waals surface area contributed by atoms with Gasteiger partial charge < -0.3 is 9.73 Å². The Hall–Kier alpha value is -1.35. The van der Waals surface area contributed by atoms with E-state index < -0.39 is 0 Å². The molecular weight excluding hydrogens is 229 g/mol. The van der Waals surface area contributed by atoms with Gasteiger partial charge in [0.1, 0.15) is 17.2 Å². The van der Waals surface area contributed by atoms with E-state index in [1.807, 2.05) is 13.8 Å². The molecule has 0 aliphatic carbocycles. The molecule has 0 saturated heterocycles. The lowest BCUT2D eigenvalue weighted by molar-refractivity contribution is 0.448. The summed E-state index contributed by atoms with van der Waals surface area (Å²) in [4.78, 5) is 0. The normalized spacial score (nSPS) is 13.2. The molecule has 1 unspecified atom stereocenters. The number of benzene rings is 1. The third-order valence-electron chi connectivity index (χ3n) is 3.32. The van der Waals surface area contributed by atoms with Gasteiger partial charge in [-0.15, -0.1) is 0 Å². The molecular formula is C15H20FNO. The molecule has 0 amide bonds. The lowest BCUT2D eigenvalue weighted by atomic mass is 10.1. The Bertz CT molecular complexity index is 559. The minimum Gasteiger partial charge on any atom is -0.459 e. The second-order valence-corrected chi connectivity index (χ2v) is 4.87. The first kappa shape index (κ1) is 13.1. The van der Waals surface area contributed by atoms with Crippen LogP contribution in [-0.4, -0.2) is 6.54 Å². The quantitative estimate of drug-likeness (QED) is 0.876. The number of furan rings is 1. The molecule has 1 aromatic carbocycles. The van der Waals surface area contributed by atoms with Gasteiger partial charge in [0.2, 0.25) is 0 Å². The molecule has 0 radical (unpaired) electrons. The monoisotopic (exact) mass is 249 g/mol. The highest BCUT2D eigenvalue weighted by Gasteiger charge is 2.17. The van der Waals surface area contributed by atoms with Crippen LogP contribution in [0.4, 0.5) is 4.39 Å². The van der Waals surface area contributed by atoms with Crippen molar-refractivity contribution in [3.63, 3.8) is 0 Å². The van der Waals surface area contributed by atoms with Crippen LogP contribution < -0.4 is 5.32 Å². The van der Waals surface area contributed by atoms with Crippen LogP contribution in [0.3, 0.4) is 0 Å². The highest BCUT2D eigenvalue weighted by molar-refractivity contribution is 5.84. The molecule has 2 aromatic rings. The van der Waals surface area contributed by atoms with Crippen molar-refractivity contribution in [2.45, 2.75) is 40.2 Å². The first-order valence-corrected chi connectivity index (χ1v) is 6.47. The average molecular weight is 249 g/mol. The Balaban J connectivity index is 2.47. The molecule has 18 heavy (non-hydrogen) atoms. The van der Waals surface area contributed by atoms with Crippen LogP contribution in [0.5, 0.6) is 0 Å². The fraction of sp³-hybridized carbons (Fsp3) is 0.467. The number of rotatable bonds is 4. The summed E-state index contributed by atoms with van der Waals surface area (Å²) in [5, 5.41) is 4.28. The van der Waals surface area contributed by atoms with Crippen LogP contribution >= 0.6 is 0 Å². The van der Waals surface area contributed by atoms with Gasteiger partial charge in [-0.3, -0.25) is 0 Å². The minimum absolute atomic E-state index is 0.153. The fourth-order valence-corrected chi connectivity index (χ4v) is 2.33. The minimum atomic E-state index is -0.204. The van der Waals surface area contributed by atoms with Gasteiger partial charge in [0.15, 0.2) is 0 Å². The van der Waals surface area contributed by atoms with Crippen molar-refractivity contribution in [2.75, 3.05) is 6.54 Å². The highest BCUT2D eigenvalue weighted by atomic mass is 19.1. The largest absolute Gasteiger partial charge is 0.459 e. The second-order valence-electron chi connectivity index (χ2n) is 4.87. The van der Waals surface area contributed by atoms with E-state index in [0.717, 1.165) is 40.8 Å². The van der Waals surface area contributed by atoms with E-state index in [-0.39, 0.29) is 11.9 Å². The average Bonchev–Trinajstić information content (AvgIpc) is 2.65. The van der Waals surface area contributed by atoms with Crippen molar-refractivity contribution in [1.29, 1.82) is 0 Å². The van der Waals surface area contributed by atoms with Crippen LogP contribution in [0.2, 0.25) is 0 Å². The van der Waals surface area contributed by atoms with Crippen LogP contribution in [-0.2, 0) is 0 Å². The molecule has 98 valence electrons. The van der Waals surface area contributed by atoms with Crippen molar-refractivity contribution in [1.82, 2.24) is 5.32 Å². The predicted octanol–water partition coefficient (Wildman–Crippen LogP) is 4.25. The van der Waals surface area contributed by atoms with Gasteiger partial charge in [-0.25, -0.2) is 4.39 Å². The molecule has 1 atom stereocenters. The number of hydrogen-bond donors (Lipinski definition) is 1. The highest BCUT2D eigenvalue weighted by Crippen LogP contribution is 2.31. The fourth-order valence-electron chi connectivity index (χ4n) is 2.33. The van der Waals surface area contributed by atoms with E-state index in [4.69, 9.17) is 4.42 Å². The van der Waals surface area contributed by atoms with Crippen LogP contribution in [0, 0.1) is 19.7 Å². The van der Waals surface area contributed by atoms with Gasteiger partial charge in [0, 0.05) is 10.9 Å². The number of halogens is 1. The number of hydrogen-bond acceptors (Lipinski definition) is 2. The molecule has 0 aliphatic rings. The van der Waals surface area contributed by atoms with E-state index in [2.05, 4.69) is 19.2 Å². The SMILES string of the molecule is CCCNC(C)c1oc2c(C)cc(F)cc2c1C. The van der Waals surface area contributed by atoms with E-state index in [1.165, 1.54) is 6.07 Å². The van der Waals surface area contributed by atoms with Gasteiger partial charge in [0.25, 0.3) is 0 Å². The first-order valence-electron chi connectivity index (χ1n) is 6.47. The van der Waals surface area contributed by atoms with Gasteiger partial charge >= 0.3 is 0 Å². The zero-order valence-electron chi connectivity index (χ0n) is 11.4. The van der Waals surface area contributed by atoms with E-state index >= 15 is 0 Å². The first-order chi connectivity index (χ1) is 8.54. The molecule has 0 fully saturated rings. The molecule has 2 nitrogen and oxygen atoms in total. The Kier molecular flexibility index (Phi) is 3.71. The van der Waals surface area contributed by atoms with Crippen molar-refractivity contribution >= 4 is 11.0 Å². The van der Waals surface area contributed by atoms with Gasteiger partial charge in [-0.2, -0.15) is 0 Å². The lowest BCUT2D eigenvalue weighted by Crippen LogP contribution is -2.19. The molecule has 1 aromatic heterocycles. The summed E-state index contributed by atoms with van der Waals surface area (Å²) in [6.07, 6.45) is 1.08. The second kappa shape index (κ2) is 5.11. The Labute approximate surface area is 107 Å². The smallest absolute Gasteiger partial charge is 0.137 e. The summed E-state index contributed by atoms with van der Waals surface area (Å²) in [6.45, 7) is 9.02. The lowest BCUT2D eigenvalue weighted by Gasteiger charge is -2.11. The Morgan fingerprint density at radius 1 is 1.33 bits per heavy atom. The maximum atomic E-state index is 13.4. The van der Waals surface area contributed by atoms with Gasteiger partial charge in [-0.1, -0.05) is 6.92 Å². The molecule has 0 saturated carbocycles. The van der Waals surface area contributed by atoms with Crippen LogP contribution in [0.25, 0.3) is 11.0 Å². The molecule has 2 rings (SSSR count). The Morgan fingerprint density at radius 2 is 2.06 bits per heavy atom. The van der Waals surface area contributed by atoms with E-state index in [0.29, 0.717) is 0 Å². The van der Waals surface area contributed by atoms with Crippen molar-refractivity contribution in [2.24, 2.45) is 0 Å². The van der Waals surface area contributed by atoms with Gasteiger partial charge in [-0.05, 0) is 51.4 Å². The maximum Gasteiger partial charge on any atom is 0.137 e. The zero-order chi connectivity index (χ0) is 13.3. The molecule has 0 spiro atoms. The summed E-state index contributed by atoms with van der Waals surface area (Å²) >= 11 is 0. The molecule has 1 heterocycles. The summed E-state index contributed by atoms with van der Waals surface area (Å²) in [5.74, 6) is 0.705. The number of fused-ring (bicyclic) bond motifs is 1. The van der Waals surface area contributed by atoms with Crippen molar-refractivity contribution in [3.05, 3.63) is 34.8 Å². The van der Waals surface area contributed by atoms with Gasteiger partial charge in [0.05, 0.1) is 6.04 Å². The topological polar surface area (TPSA) is 25.2 Å². The molecule has 1 N–H and O–H groups in total. The summed E-state index contributed by atoms with van der Waals surface area (Å²) < 4.78 is 19.3. The number of aryl methyl sites for hydroxylation is 2. The van der Waals surface area contributed by atoms with Crippen LogP contribution in [0.15, 0.2) is 16.5 Å². The summed E-state index contributed by atoms with van der Waals surface area (Å²) in [6, 6.07) is 3.22. The van der Waals surface area contributed by atoms with E-state index in [1.54, 1.807) is 6.07 Å². The van der Waals surface area contributed by atoms with Crippen molar-refractivity contribution in [3.8, 4) is 0 Å². The maximum absolute atomic E-state index is 13.4. The molecule has 3 heteroatoms. The molecule has 0 bridgehead atoms. The Morgan fingerprint density at radius 3 is 2.72 bits per heavy atom.